The molecule has 1 fully saturated rings. The Hall–Kier alpha value is -2.71. The Kier molecular flexibility index (Phi) is 5.64. The lowest BCUT2D eigenvalue weighted by Gasteiger charge is -2.16. The molecule has 2 aromatic carbocycles. The van der Waals surface area contributed by atoms with Gasteiger partial charge in [0.2, 0.25) is 11.8 Å². The molecule has 0 saturated carbocycles. The number of nitrogens with zero attached hydrogens (tertiary/aromatic N) is 2. The average Bonchev–Trinajstić information content (AvgIpc) is 3.33. The van der Waals surface area contributed by atoms with E-state index in [1.54, 1.807) is 12.1 Å². The van der Waals surface area contributed by atoms with Gasteiger partial charge >= 0.3 is 0 Å². The van der Waals surface area contributed by atoms with Crippen LogP contribution in [0.3, 0.4) is 0 Å². The number of carbonyl (C=O) groups excluding carboxylic acids is 2. The van der Waals surface area contributed by atoms with E-state index in [0.29, 0.717) is 10.7 Å². The van der Waals surface area contributed by atoms with Crippen LogP contribution in [-0.2, 0) is 9.59 Å². The van der Waals surface area contributed by atoms with E-state index in [4.69, 9.17) is 0 Å². The second-order valence-electron chi connectivity index (χ2n) is 6.60. The molecule has 1 aliphatic rings. The van der Waals surface area contributed by atoms with Gasteiger partial charge in [-0.05, 0) is 30.5 Å². The molecule has 0 aliphatic carbocycles. The minimum Gasteiger partial charge on any atom is -0.316 e. The molecule has 3 aromatic rings. The molecular weight excluding hydrogens is 409 g/mol. The Morgan fingerprint density at radius 3 is 2.62 bits per heavy atom. The molecule has 0 radical (unpaired) electrons. The van der Waals surface area contributed by atoms with Gasteiger partial charge in [0.05, 0.1) is 5.92 Å². The van der Waals surface area contributed by atoms with Crippen LogP contribution in [0.2, 0.25) is 0 Å². The molecule has 4 rings (SSSR count). The van der Waals surface area contributed by atoms with Crippen molar-refractivity contribution in [3.8, 4) is 11.3 Å². The molecule has 2 heterocycles. The first kappa shape index (κ1) is 19.6. The van der Waals surface area contributed by atoms with Crippen LogP contribution in [0.25, 0.3) is 11.3 Å². The Labute approximate surface area is 176 Å². The van der Waals surface area contributed by atoms with Crippen LogP contribution in [0, 0.1) is 11.7 Å². The number of aromatic nitrogens is 1. The van der Waals surface area contributed by atoms with E-state index in [9.17, 15) is 14.0 Å². The summed E-state index contributed by atoms with van der Waals surface area (Å²) in [6.07, 6.45) is 2.06. The molecule has 0 spiro atoms. The van der Waals surface area contributed by atoms with Crippen molar-refractivity contribution in [1.29, 1.82) is 0 Å². The van der Waals surface area contributed by atoms with Crippen molar-refractivity contribution >= 4 is 45.6 Å². The van der Waals surface area contributed by atoms with Crippen LogP contribution in [0.1, 0.15) is 6.42 Å². The lowest BCUT2D eigenvalue weighted by molar-refractivity contribution is -0.122. The van der Waals surface area contributed by atoms with Gasteiger partial charge in [-0.15, -0.1) is 0 Å². The highest BCUT2D eigenvalue weighted by Crippen LogP contribution is 2.37. The van der Waals surface area contributed by atoms with E-state index in [2.05, 4.69) is 10.3 Å². The fraction of sp³-hybridized carbons (Fsp3) is 0.190. The van der Waals surface area contributed by atoms with E-state index in [1.807, 2.05) is 36.6 Å². The Morgan fingerprint density at radius 1 is 1.21 bits per heavy atom. The highest BCUT2D eigenvalue weighted by atomic mass is 32.2. The summed E-state index contributed by atoms with van der Waals surface area (Å²) in [6.45, 7) is 0.269. The van der Waals surface area contributed by atoms with Crippen molar-refractivity contribution < 1.29 is 14.0 Å². The zero-order chi connectivity index (χ0) is 20.4. The predicted molar refractivity (Wildman–Crippen MR) is 115 cm³/mol. The highest BCUT2D eigenvalue weighted by Gasteiger charge is 2.35. The van der Waals surface area contributed by atoms with Gasteiger partial charge in [-0.2, -0.15) is 0 Å². The van der Waals surface area contributed by atoms with E-state index < -0.39 is 5.92 Å². The number of carbonyl (C=O) groups is 2. The van der Waals surface area contributed by atoms with Crippen LogP contribution in [0.15, 0.2) is 58.9 Å². The minimum atomic E-state index is -0.476. The summed E-state index contributed by atoms with van der Waals surface area (Å²) < 4.78 is 14.0. The molecule has 8 heteroatoms. The molecular formula is C21H18FN3O2S2. The molecule has 0 bridgehead atoms. The van der Waals surface area contributed by atoms with Crippen molar-refractivity contribution in [2.75, 3.05) is 23.0 Å². The topological polar surface area (TPSA) is 62.3 Å². The first-order valence-corrected chi connectivity index (χ1v) is 11.1. The van der Waals surface area contributed by atoms with E-state index in [-0.39, 0.29) is 30.6 Å². The fourth-order valence-corrected chi connectivity index (χ4v) is 4.72. The van der Waals surface area contributed by atoms with E-state index >= 15 is 0 Å². The first-order chi connectivity index (χ1) is 14.0. The number of thioether (sulfide) groups is 1. The van der Waals surface area contributed by atoms with Gasteiger partial charge in [-0.25, -0.2) is 9.37 Å². The summed E-state index contributed by atoms with van der Waals surface area (Å²) in [5, 5.41) is 3.65. The maximum absolute atomic E-state index is 13.2. The number of hydrogen-bond acceptors (Lipinski definition) is 5. The third-order valence-electron chi connectivity index (χ3n) is 4.70. The Morgan fingerprint density at radius 2 is 1.93 bits per heavy atom. The van der Waals surface area contributed by atoms with E-state index in [0.717, 1.165) is 15.6 Å². The molecule has 5 nitrogen and oxygen atoms in total. The first-order valence-electron chi connectivity index (χ1n) is 9.02. The zero-order valence-corrected chi connectivity index (χ0v) is 17.2. The second kappa shape index (κ2) is 8.34. The van der Waals surface area contributed by atoms with Gasteiger partial charge in [-0.3, -0.25) is 9.59 Å². The number of amides is 2. The molecule has 1 unspecified atom stereocenters. The molecule has 29 heavy (non-hydrogen) atoms. The van der Waals surface area contributed by atoms with Crippen LogP contribution in [0.5, 0.6) is 0 Å². The normalized spacial score (nSPS) is 16.3. The number of thiazole rings is 1. The number of benzene rings is 2. The summed E-state index contributed by atoms with van der Waals surface area (Å²) in [7, 11) is 0. The van der Waals surface area contributed by atoms with Crippen LogP contribution >= 0.6 is 23.1 Å². The molecule has 1 aliphatic heterocycles. The zero-order valence-electron chi connectivity index (χ0n) is 15.6. The number of rotatable bonds is 5. The van der Waals surface area contributed by atoms with Crippen LogP contribution < -0.4 is 10.2 Å². The van der Waals surface area contributed by atoms with Gasteiger partial charge in [0.15, 0.2) is 4.34 Å². The molecule has 2 amide bonds. The standard InChI is InChI=1S/C21H18FN3O2S2/c1-28-21-23-18(13-5-3-2-4-6-13)20(29-21)24-19(27)14-11-17(26)25(12-14)16-9-7-15(22)8-10-16/h2-10,14H,11-12H2,1H3,(H,24,27). The van der Waals surface area contributed by atoms with Gasteiger partial charge < -0.3 is 10.2 Å². The van der Waals surface area contributed by atoms with Crippen molar-refractivity contribution in [2.45, 2.75) is 10.8 Å². The average molecular weight is 428 g/mol. The summed E-state index contributed by atoms with van der Waals surface area (Å²) in [5.74, 6) is -1.19. The maximum atomic E-state index is 13.2. The van der Waals surface area contributed by atoms with Crippen molar-refractivity contribution in [3.63, 3.8) is 0 Å². The SMILES string of the molecule is CSc1nc(-c2ccccc2)c(NC(=O)C2CC(=O)N(c3ccc(F)cc3)C2)s1. The van der Waals surface area contributed by atoms with Crippen LogP contribution in [0.4, 0.5) is 15.1 Å². The number of nitrogens with one attached hydrogen (secondary N) is 1. The summed E-state index contributed by atoms with van der Waals surface area (Å²) in [6, 6.07) is 15.4. The number of anilines is 2. The van der Waals surface area contributed by atoms with Crippen molar-refractivity contribution in [1.82, 2.24) is 4.98 Å². The maximum Gasteiger partial charge on any atom is 0.230 e. The van der Waals surface area contributed by atoms with Crippen molar-refractivity contribution in [2.24, 2.45) is 5.92 Å². The monoisotopic (exact) mass is 427 g/mol. The Balaban J connectivity index is 1.52. The molecule has 1 aromatic heterocycles. The summed E-state index contributed by atoms with van der Waals surface area (Å²) >= 11 is 2.94. The summed E-state index contributed by atoms with van der Waals surface area (Å²) in [4.78, 5) is 31.4. The minimum absolute atomic E-state index is 0.123. The fourth-order valence-electron chi connectivity index (χ4n) is 3.23. The Bertz CT molecular complexity index is 1040. The number of halogens is 1. The molecule has 1 atom stereocenters. The lowest BCUT2D eigenvalue weighted by atomic mass is 10.1. The molecule has 148 valence electrons. The quantitative estimate of drug-likeness (QED) is 0.602. The van der Waals surface area contributed by atoms with Gasteiger partial charge in [0.25, 0.3) is 0 Å². The molecule has 1 saturated heterocycles. The lowest BCUT2D eigenvalue weighted by Crippen LogP contribution is -2.28. The number of hydrogen-bond donors (Lipinski definition) is 1. The third-order valence-corrected chi connectivity index (χ3v) is 6.66. The van der Waals surface area contributed by atoms with Crippen molar-refractivity contribution in [3.05, 3.63) is 60.4 Å². The molecule has 1 N–H and O–H groups in total. The smallest absolute Gasteiger partial charge is 0.230 e. The van der Waals surface area contributed by atoms with Gasteiger partial charge in [0, 0.05) is 24.2 Å². The summed E-state index contributed by atoms with van der Waals surface area (Å²) in [5.41, 5.74) is 2.25. The van der Waals surface area contributed by atoms with Gasteiger partial charge in [-0.1, -0.05) is 53.4 Å². The van der Waals surface area contributed by atoms with Crippen LogP contribution in [-0.4, -0.2) is 29.6 Å². The largest absolute Gasteiger partial charge is 0.316 e. The third kappa shape index (κ3) is 4.18. The highest BCUT2D eigenvalue weighted by molar-refractivity contribution is 8.00. The predicted octanol–water partition coefficient (Wildman–Crippen LogP) is 4.66. The van der Waals surface area contributed by atoms with E-state index in [1.165, 1.54) is 40.1 Å². The van der Waals surface area contributed by atoms with Gasteiger partial charge in [0.1, 0.15) is 16.5 Å². The second-order valence-corrected chi connectivity index (χ2v) is 8.65.